The molecule has 0 aromatic rings. The van der Waals surface area contributed by atoms with Crippen molar-refractivity contribution in [2.24, 2.45) is 0 Å². The van der Waals surface area contributed by atoms with Gasteiger partial charge in [0.2, 0.25) is 17.7 Å². The number of piperazine rings is 2. The van der Waals surface area contributed by atoms with Gasteiger partial charge < -0.3 is 20.0 Å². The monoisotopic (exact) mass is 254 g/mol. The molecule has 2 aliphatic rings. The molecule has 0 atom stereocenters. The molecule has 2 heterocycles. The standard InChI is InChI=1S/C11H18N4O3/c1-13-6-10(17)15(7-9(13)16)8-11(18)14-4-2-12-3-5-14/h12H,2-8H2,1H3. The van der Waals surface area contributed by atoms with Gasteiger partial charge in [-0.1, -0.05) is 0 Å². The van der Waals surface area contributed by atoms with Crippen molar-refractivity contribution in [2.75, 3.05) is 52.9 Å². The highest BCUT2D eigenvalue weighted by molar-refractivity contribution is 5.94. The van der Waals surface area contributed by atoms with Crippen LogP contribution in [0.1, 0.15) is 0 Å². The van der Waals surface area contributed by atoms with E-state index in [2.05, 4.69) is 5.32 Å². The van der Waals surface area contributed by atoms with Crippen molar-refractivity contribution >= 4 is 17.7 Å². The van der Waals surface area contributed by atoms with Gasteiger partial charge in [-0.05, 0) is 0 Å². The summed E-state index contributed by atoms with van der Waals surface area (Å²) in [5.74, 6) is -0.370. The molecule has 1 N–H and O–H groups in total. The highest BCUT2D eigenvalue weighted by Gasteiger charge is 2.30. The van der Waals surface area contributed by atoms with E-state index >= 15 is 0 Å². The number of hydrogen-bond acceptors (Lipinski definition) is 4. The zero-order valence-electron chi connectivity index (χ0n) is 10.5. The molecule has 2 rings (SSSR count). The number of nitrogens with zero attached hydrogens (tertiary/aromatic N) is 3. The van der Waals surface area contributed by atoms with Crippen LogP contribution < -0.4 is 5.32 Å². The van der Waals surface area contributed by atoms with E-state index in [9.17, 15) is 14.4 Å². The first kappa shape index (κ1) is 12.8. The largest absolute Gasteiger partial charge is 0.339 e. The van der Waals surface area contributed by atoms with Crippen molar-refractivity contribution < 1.29 is 14.4 Å². The first-order valence-corrected chi connectivity index (χ1v) is 6.08. The smallest absolute Gasteiger partial charge is 0.243 e. The minimum absolute atomic E-state index is 0.00711. The third-order valence-corrected chi connectivity index (χ3v) is 3.27. The summed E-state index contributed by atoms with van der Waals surface area (Å²) in [6, 6.07) is 0. The maximum absolute atomic E-state index is 12.0. The number of hydrogen-bond donors (Lipinski definition) is 1. The summed E-state index contributed by atoms with van der Waals surface area (Å²) in [6.07, 6.45) is 0. The number of carbonyl (C=O) groups excluding carboxylic acids is 3. The van der Waals surface area contributed by atoms with Gasteiger partial charge in [0.1, 0.15) is 13.1 Å². The van der Waals surface area contributed by atoms with E-state index in [0.29, 0.717) is 13.1 Å². The maximum atomic E-state index is 12.0. The molecule has 7 heteroatoms. The van der Waals surface area contributed by atoms with Crippen LogP contribution in [0.4, 0.5) is 0 Å². The van der Waals surface area contributed by atoms with Crippen LogP contribution in [0.2, 0.25) is 0 Å². The van der Waals surface area contributed by atoms with E-state index in [1.807, 2.05) is 0 Å². The molecular formula is C11H18N4O3. The number of nitrogens with one attached hydrogen (secondary N) is 1. The topological polar surface area (TPSA) is 73.0 Å². The summed E-state index contributed by atoms with van der Waals surface area (Å²) < 4.78 is 0. The molecule has 18 heavy (non-hydrogen) atoms. The van der Waals surface area contributed by atoms with Crippen LogP contribution in [0.3, 0.4) is 0 Å². The van der Waals surface area contributed by atoms with Gasteiger partial charge in [0.25, 0.3) is 0 Å². The Bertz CT molecular complexity index is 365. The van der Waals surface area contributed by atoms with Crippen molar-refractivity contribution in [1.82, 2.24) is 20.0 Å². The van der Waals surface area contributed by atoms with Crippen molar-refractivity contribution in [2.45, 2.75) is 0 Å². The zero-order chi connectivity index (χ0) is 13.1. The lowest BCUT2D eigenvalue weighted by Crippen LogP contribution is -2.56. The molecule has 100 valence electrons. The second kappa shape index (κ2) is 5.34. The normalized spacial score (nSPS) is 21.5. The maximum Gasteiger partial charge on any atom is 0.243 e. The van der Waals surface area contributed by atoms with E-state index in [1.54, 1.807) is 11.9 Å². The predicted octanol–water partition coefficient (Wildman–Crippen LogP) is -2.28. The highest BCUT2D eigenvalue weighted by Crippen LogP contribution is 2.04. The van der Waals surface area contributed by atoms with Crippen LogP contribution >= 0.6 is 0 Å². The summed E-state index contributed by atoms with van der Waals surface area (Å²) in [5.41, 5.74) is 0. The Kier molecular flexibility index (Phi) is 3.81. The van der Waals surface area contributed by atoms with Crippen LogP contribution in [0.15, 0.2) is 0 Å². The predicted molar refractivity (Wildman–Crippen MR) is 63.7 cm³/mol. The van der Waals surface area contributed by atoms with Crippen LogP contribution in [0.25, 0.3) is 0 Å². The molecule has 0 saturated carbocycles. The summed E-state index contributed by atoms with van der Waals surface area (Å²) in [7, 11) is 1.59. The molecule has 0 unspecified atom stereocenters. The molecule has 0 bridgehead atoms. The van der Waals surface area contributed by atoms with Gasteiger partial charge in [-0.3, -0.25) is 14.4 Å². The molecule has 0 radical (unpaired) electrons. The Morgan fingerprint density at radius 3 is 2.50 bits per heavy atom. The Labute approximate surface area is 106 Å². The van der Waals surface area contributed by atoms with Crippen molar-refractivity contribution in [3.05, 3.63) is 0 Å². The third-order valence-electron chi connectivity index (χ3n) is 3.27. The molecular weight excluding hydrogens is 236 g/mol. The number of carbonyl (C=O) groups is 3. The van der Waals surface area contributed by atoms with E-state index < -0.39 is 0 Å². The second-order valence-electron chi connectivity index (χ2n) is 4.63. The van der Waals surface area contributed by atoms with Gasteiger partial charge in [0.15, 0.2) is 0 Å². The highest BCUT2D eigenvalue weighted by atomic mass is 16.2. The van der Waals surface area contributed by atoms with Crippen molar-refractivity contribution in [3.8, 4) is 0 Å². The van der Waals surface area contributed by atoms with Crippen LogP contribution in [-0.2, 0) is 14.4 Å². The van der Waals surface area contributed by atoms with Crippen LogP contribution in [0.5, 0.6) is 0 Å². The molecule has 0 aliphatic carbocycles. The minimum atomic E-state index is -0.166. The van der Waals surface area contributed by atoms with Gasteiger partial charge >= 0.3 is 0 Å². The van der Waals surface area contributed by atoms with Gasteiger partial charge in [-0.2, -0.15) is 0 Å². The lowest BCUT2D eigenvalue weighted by molar-refractivity contribution is -0.151. The molecule has 2 aliphatic heterocycles. The molecule has 0 aromatic heterocycles. The fraction of sp³-hybridized carbons (Fsp3) is 0.727. The molecule has 3 amide bonds. The van der Waals surface area contributed by atoms with Gasteiger partial charge in [0.05, 0.1) is 6.54 Å². The Morgan fingerprint density at radius 1 is 1.17 bits per heavy atom. The quantitative estimate of drug-likeness (QED) is 0.602. The fourth-order valence-corrected chi connectivity index (χ4v) is 2.08. The lowest BCUT2D eigenvalue weighted by Gasteiger charge is -2.34. The molecule has 0 spiro atoms. The molecule has 2 fully saturated rings. The van der Waals surface area contributed by atoms with Gasteiger partial charge in [-0.15, -0.1) is 0 Å². The first-order valence-electron chi connectivity index (χ1n) is 6.08. The molecule has 7 nitrogen and oxygen atoms in total. The Balaban J connectivity index is 1.90. The number of rotatable bonds is 2. The van der Waals surface area contributed by atoms with Crippen LogP contribution in [0, 0.1) is 0 Å². The van der Waals surface area contributed by atoms with Crippen LogP contribution in [-0.4, -0.2) is 85.3 Å². The average molecular weight is 254 g/mol. The summed E-state index contributed by atoms with van der Waals surface area (Å²) in [5, 5.41) is 3.16. The summed E-state index contributed by atoms with van der Waals surface area (Å²) in [6.45, 7) is 2.96. The first-order chi connectivity index (χ1) is 8.58. The van der Waals surface area contributed by atoms with Gasteiger partial charge in [0, 0.05) is 33.2 Å². The molecule has 0 aromatic carbocycles. The van der Waals surface area contributed by atoms with Crippen molar-refractivity contribution in [3.63, 3.8) is 0 Å². The minimum Gasteiger partial charge on any atom is -0.339 e. The SMILES string of the molecule is CN1CC(=O)N(CC(=O)N2CCNCC2)CC1=O. The number of likely N-dealkylation sites (N-methyl/N-ethyl adjacent to an activating group) is 1. The lowest BCUT2D eigenvalue weighted by atomic mass is 10.3. The van der Waals surface area contributed by atoms with Crippen molar-refractivity contribution in [1.29, 1.82) is 0 Å². The summed E-state index contributed by atoms with van der Waals surface area (Å²) >= 11 is 0. The summed E-state index contributed by atoms with van der Waals surface area (Å²) in [4.78, 5) is 39.7. The Hall–Kier alpha value is -1.63. The van der Waals surface area contributed by atoms with E-state index in [0.717, 1.165) is 13.1 Å². The fourth-order valence-electron chi connectivity index (χ4n) is 2.08. The zero-order valence-corrected chi connectivity index (χ0v) is 10.5. The third kappa shape index (κ3) is 2.79. The second-order valence-corrected chi connectivity index (χ2v) is 4.63. The van der Waals surface area contributed by atoms with E-state index in [4.69, 9.17) is 0 Å². The van der Waals surface area contributed by atoms with E-state index in [-0.39, 0.29) is 37.4 Å². The molecule has 2 saturated heterocycles. The van der Waals surface area contributed by atoms with Gasteiger partial charge in [-0.25, -0.2) is 0 Å². The van der Waals surface area contributed by atoms with E-state index in [1.165, 1.54) is 9.80 Å². The number of amides is 3. The Morgan fingerprint density at radius 2 is 1.83 bits per heavy atom. The average Bonchev–Trinajstić information content (AvgIpc) is 2.37.